The summed E-state index contributed by atoms with van der Waals surface area (Å²) in [6.07, 6.45) is 4.04. The molecule has 2 heterocycles. The number of pyridine rings is 1. The topological polar surface area (TPSA) is 59.4 Å². The van der Waals surface area contributed by atoms with Gasteiger partial charge in [-0.2, -0.15) is 13.2 Å². The second-order valence-corrected chi connectivity index (χ2v) is 9.94. The second-order valence-electron chi connectivity index (χ2n) is 9.94. The van der Waals surface area contributed by atoms with Gasteiger partial charge in [0.2, 0.25) is 0 Å². The number of aromatic nitrogens is 1. The van der Waals surface area contributed by atoms with Crippen LogP contribution in [-0.2, 0) is 15.7 Å². The van der Waals surface area contributed by atoms with E-state index in [0.29, 0.717) is 28.7 Å². The van der Waals surface area contributed by atoms with Crippen LogP contribution in [0.3, 0.4) is 0 Å². The van der Waals surface area contributed by atoms with E-state index >= 15 is 0 Å². The van der Waals surface area contributed by atoms with Crippen LogP contribution in [0.15, 0.2) is 48.7 Å². The van der Waals surface area contributed by atoms with Crippen LogP contribution in [0.2, 0.25) is 0 Å². The number of rotatable bonds is 3. The maximum absolute atomic E-state index is 13.0. The highest BCUT2D eigenvalue weighted by molar-refractivity contribution is 5.75. The van der Waals surface area contributed by atoms with Crippen LogP contribution in [0.1, 0.15) is 43.9 Å². The lowest BCUT2D eigenvalue weighted by Gasteiger charge is -2.46. The van der Waals surface area contributed by atoms with Crippen LogP contribution >= 0.6 is 0 Å². The molecule has 1 saturated heterocycles. The molecule has 2 aliphatic carbocycles. The predicted octanol–water partition coefficient (Wildman–Crippen LogP) is 5.76. The summed E-state index contributed by atoms with van der Waals surface area (Å²) in [5.41, 5.74) is 1.11. The Bertz CT molecular complexity index is 1080. The number of cyclic esters (lactones) is 1. The van der Waals surface area contributed by atoms with E-state index in [1.54, 1.807) is 24.4 Å². The summed E-state index contributed by atoms with van der Waals surface area (Å²) in [5, 5.41) is 10.2. The Hall–Kier alpha value is -2.67. The highest BCUT2D eigenvalue weighted by Crippen LogP contribution is 2.53. The number of alkyl halides is 3. The number of aliphatic hydroxyl groups is 1. The lowest BCUT2D eigenvalue weighted by Crippen LogP contribution is -2.44. The number of halogens is 3. The summed E-state index contributed by atoms with van der Waals surface area (Å²) in [6.45, 7) is 1.96. The number of nitrogens with zero attached hydrogens (tertiary/aromatic N) is 1. The van der Waals surface area contributed by atoms with E-state index in [4.69, 9.17) is 4.74 Å². The van der Waals surface area contributed by atoms with Crippen LogP contribution in [0, 0.1) is 29.6 Å². The van der Waals surface area contributed by atoms with Crippen molar-refractivity contribution in [2.24, 2.45) is 29.6 Å². The molecule has 0 bridgehead atoms. The summed E-state index contributed by atoms with van der Waals surface area (Å²) in [5.74, 6) is 0.702. The summed E-state index contributed by atoms with van der Waals surface area (Å²) >= 11 is 0. The third-order valence-electron chi connectivity index (χ3n) is 7.92. The minimum atomic E-state index is -4.39. The van der Waals surface area contributed by atoms with Crippen LogP contribution < -0.4 is 0 Å². The van der Waals surface area contributed by atoms with E-state index in [9.17, 15) is 23.1 Å². The fourth-order valence-electron chi connectivity index (χ4n) is 6.35. The van der Waals surface area contributed by atoms with Gasteiger partial charge in [-0.3, -0.25) is 9.78 Å². The minimum absolute atomic E-state index is 0.115. The molecule has 0 amide bonds. The molecule has 0 radical (unpaired) electrons. The smallest absolute Gasteiger partial charge is 0.416 e. The van der Waals surface area contributed by atoms with E-state index < -0.39 is 11.7 Å². The van der Waals surface area contributed by atoms with Crippen molar-refractivity contribution in [1.29, 1.82) is 0 Å². The van der Waals surface area contributed by atoms with E-state index in [-0.39, 0.29) is 35.9 Å². The zero-order valence-electron chi connectivity index (χ0n) is 18.9. The van der Waals surface area contributed by atoms with Gasteiger partial charge in [0.15, 0.2) is 0 Å². The summed E-state index contributed by atoms with van der Waals surface area (Å²) in [7, 11) is 0. The van der Waals surface area contributed by atoms with E-state index in [1.165, 1.54) is 6.07 Å². The maximum atomic E-state index is 13.0. The van der Waals surface area contributed by atoms with Gasteiger partial charge in [-0.05, 0) is 80.2 Å². The summed E-state index contributed by atoms with van der Waals surface area (Å²) in [6, 6.07) is 8.80. The second kappa shape index (κ2) is 8.84. The SMILES string of the molecule is C[C@H]1OC(=O)[C@@H]2C[C@@H]3C[C@@H](O)CCC3C(/C=C/c3ccc(-c4cccc(C(F)(F)F)c4)cn3)[C@H]12. The van der Waals surface area contributed by atoms with E-state index in [2.05, 4.69) is 11.1 Å². The van der Waals surface area contributed by atoms with Crippen molar-refractivity contribution in [2.45, 2.75) is 51.0 Å². The molecule has 180 valence electrons. The number of carbonyl (C=O) groups excluding carboxylic acids is 1. The van der Waals surface area contributed by atoms with Gasteiger partial charge in [0.25, 0.3) is 0 Å². The first-order chi connectivity index (χ1) is 16.2. The Labute approximate surface area is 196 Å². The van der Waals surface area contributed by atoms with Crippen molar-refractivity contribution in [3.8, 4) is 11.1 Å². The average molecular weight is 472 g/mol. The molecule has 1 aromatic carbocycles. The molecule has 7 atom stereocenters. The van der Waals surface area contributed by atoms with Crippen molar-refractivity contribution in [2.75, 3.05) is 0 Å². The maximum Gasteiger partial charge on any atom is 0.416 e. The van der Waals surface area contributed by atoms with Crippen LogP contribution in [0.4, 0.5) is 13.2 Å². The Kier molecular flexibility index (Phi) is 6.00. The number of carbonyl (C=O) groups is 1. The number of esters is 1. The van der Waals surface area contributed by atoms with Crippen molar-refractivity contribution in [3.05, 3.63) is 59.9 Å². The Morgan fingerprint density at radius 2 is 1.94 bits per heavy atom. The minimum Gasteiger partial charge on any atom is -0.462 e. The fraction of sp³-hybridized carbons (Fsp3) is 0.481. The van der Waals surface area contributed by atoms with Gasteiger partial charge in [0, 0.05) is 17.7 Å². The van der Waals surface area contributed by atoms with Gasteiger partial charge in [0.1, 0.15) is 6.10 Å². The molecule has 1 aromatic heterocycles. The van der Waals surface area contributed by atoms with Gasteiger partial charge in [-0.15, -0.1) is 0 Å². The number of hydrogen-bond donors (Lipinski definition) is 1. The molecule has 34 heavy (non-hydrogen) atoms. The zero-order valence-corrected chi connectivity index (χ0v) is 18.9. The molecule has 1 N–H and O–H groups in total. The normalized spacial score (nSPS) is 33.4. The molecule has 2 unspecified atom stereocenters. The van der Waals surface area contributed by atoms with Crippen LogP contribution in [0.25, 0.3) is 17.2 Å². The molecule has 1 aliphatic heterocycles. The first-order valence-electron chi connectivity index (χ1n) is 11.9. The lowest BCUT2D eigenvalue weighted by molar-refractivity contribution is -0.144. The molecule has 2 saturated carbocycles. The number of allylic oxidation sites excluding steroid dienone is 1. The number of ether oxygens (including phenoxy) is 1. The van der Waals surface area contributed by atoms with Gasteiger partial charge in [0.05, 0.1) is 23.3 Å². The Balaban J connectivity index is 1.38. The largest absolute Gasteiger partial charge is 0.462 e. The molecular formula is C27H28F3NO3. The summed E-state index contributed by atoms with van der Waals surface area (Å²) in [4.78, 5) is 16.9. The van der Waals surface area contributed by atoms with Crippen molar-refractivity contribution in [1.82, 2.24) is 4.98 Å². The van der Waals surface area contributed by atoms with Gasteiger partial charge in [-0.1, -0.05) is 24.3 Å². The van der Waals surface area contributed by atoms with Gasteiger partial charge in [-0.25, -0.2) is 0 Å². The standard InChI is InChI=1S/C27H28F3NO3/c1-15-25-23(22-10-8-21(32)12-18(22)13-24(25)26(33)34-15)9-7-20-6-5-17(14-31-20)16-3-2-4-19(11-16)27(28,29)30/h2-7,9,11,14-15,18,21-25,32H,8,10,12-13H2,1H3/b9-7+/t15-,18+,21+,22?,23?,24-,25+/m1/s1. The molecular weight excluding hydrogens is 443 g/mol. The first-order valence-corrected chi connectivity index (χ1v) is 11.9. The van der Waals surface area contributed by atoms with Crippen molar-refractivity contribution < 1.29 is 27.8 Å². The molecule has 4 nitrogen and oxygen atoms in total. The molecule has 7 heteroatoms. The molecule has 2 aromatic rings. The van der Waals surface area contributed by atoms with Gasteiger partial charge >= 0.3 is 12.1 Å². The van der Waals surface area contributed by atoms with Crippen LogP contribution in [-0.4, -0.2) is 28.3 Å². The average Bonchev–Trinajstić information content (AvgIpc) is 3.09. The third kappa shape index (κ3) is 4.38. The van der Waals surface area contributed by atoms with Crippen molar-refractivity contribution in [3.63, 3.8) is 0 Å². The Morgan fingerprint density at radius 1 is 1.12 bits per heavy atom. The predicted molar refractivity (Wildman–Crippen MR) is 121 cm³/mol. The fourth-order valence-corrected chi connectivity index (χ4v) is 6.35. The molecule has 3 aliphatic rings. The molecule has 0 spiro atoms. The number of fused-ring (bicyclic) bond motifs is 2. The highest BCUT2D eigenvalue weighted by Gasteiger charge is 2.54. The van der Waals surface area contributed by atoms with E-state index in [0.717, 1.165) is 37.8 Å². The summed E-state index contributed by atoms with van der Waals surface area (Å²) < 4.78 is 44.7. The number of hydrogen-bond acceptors (Lipinski definition) is 4. The van der Waals surface area contributed by atoms with Gasteiger partial charge < -0.3 is 9.84 Å². The van der Waals surface area contributed by atoms with E-state index in [1.807, 2.05) is 13.0 Å². The van der Waals surface area contributed by atoms with Crippen molar-refractivity contribution >= 4 is 12.0 Å². The number of benzene rings is 1. The first kappa shape index (κ1) is 23.1. The monoisotopic (exact) mass is 471 g/mol. The van der Waals surface area contributed by atoms with Crippen LogP contribution in [0.5, 0.6) is 0 Å². The lowest BCUT2D eigenvalue weighted by atomic mass is 9.57. The third-order valence-corrected chi connectivity index (χ3v) is 7.92. The number of aliphatic hydroxyl groups excluding tert-OH is 1. The zero-order chi connectivity index (χ0) is 24.0. The molecule has 3 fully saturated rings. The highest BCUT2D eigenvalue weighted by atomic mass is 19.4. The Morgan fingerprint density at radius 3 is 2.68 bits per heavy atom. The quantitative estimate of drug-likeness (QED) is 0.579. The molecule has 5 rings (SSSR count).